The van der Waals surface area contributed by atoms with Crippen LogP contribution in [0.1, 0.15) is 71.1 Å². The van der Waals surface area contributed by atoms with E-state index >= 15 is 0 Å². The molecule has 0 amide bonds. The molecule has 1 aromatic carbocycles. The first kappa shape index (κ1) is 14.3. The highest BCUT2D eigenvalue weighted by molar-refractivity contribution is 6.10. The maximum Gasteiger partial charge on any atom is 0.163 e. The Hall–Kier alpha value is -1.77. The minimum atomic E-state index is -0.0995. The lowest BCUT2D eigenvalue weighted by atomic mass is 9.94. The lowest BCUT2D eigenvalue weighted by Gasteiger charge is -2.08. The summed E-state index contributed by atoms with van der Waals surface area (Å²) in [7, 11) is 0. The van der Waals surface area contributed by atoms with E-state index in [0.29, 0.717) is 36.0 Å². The third-order valence-corrected chi connectivity index (χ3v) is 2.91. The molecule has 0 saturated heterocycles. The van der Waals surface area contributed by atoms with Crippen molar-refractivity contribution in [1.29, 1.82) is 0 Å². The van der Waals surface area contributed by atoms with Crippen molar-refractivity contribution >= 4 is 17.3 Å². The molecule has 3 heteroatoms. The summed E-state index contributed by atoms with van der Waals surface area (Å²) in [5.41, 5.74) is 1.31. The molecule has 0 saturated carbocycles. The smallest absolute Gasteiger partial charge is 0.163 e. The summed E-state index contributed by atoms with van der Waals surface area (Å²) in [5, 5.41) is 0. The molecule has 3 nitrogen and oxygen atoms in total. The Labute approximate surface area is 107 Å². The van der Waals surface area contributed by atoms with Gasteiger partial charge in [-0.2, -0.15) is 0 Å². The van der Waals surface area contributed by atoms with Crippen molar-refractivity contribution in [2.24, 2.45) is 0 Å². The average molecular weight is 246 g/mol. The second-order valence-corrected chi connectivity index (χ2v) is 4.09. The van der Waals surface area contributed by atoms with Crippen molar-refractivity contribution in [3.05, 3.63) is 34.9 Å². The molecule has 0 N–H and O–H groups in total. The summed E-state index contributed by atoms with van der Waals surface area (Å²) in [4.78, 5) is 35.3. The summed E-state index contributed by atoms with van der Waals surface area (Å²) < 4.78 is 0. The first-order chi connectivity index (χ1) is 8.54. The van der Waals surface area contributed by atoms with Gasteiger partial charge in [0.1, 0.15) is 0 Å². The van der Waals surface area contributed by atoms with E-state index in [1.54, 1.807) is 39.0 Å². The third kappa shape index (κ3) is 2.92. The van der Waals surface area contributed by atoms with Crippen molar-refractivity contribution in [3.63, 3.8) is 0 Å². The largest absolute Gasteiger partial charge is 0.294 e. The van der Waals surface area contributed by atoms with E-state index in [1.807, 2.05) is 0 Å². The van der Waals surface area contributed by atoms with Crippen molar-refractivity contribution in [1.82, 2.24) is 0 Å². The molecule has 0 aliphatic carbocycles. The molecule has 0 aromatic heterocycles. The van der Waals surface area contributed by atoms with Crippen molar-refractivity contribution in [2.75, 3.05) is 0 Å². The molecular formula is C15H18O3. The van der Waals surface area contributed by atoms with Gasteiger partial charge in [0.25, 0.3) is 0 Å². The topological polar surface area (TPSA) is 51.2 Å². The van der Waals surface area contributed by atoms with Crippen molar-refractivity contribution in [3.8, 4) is 0 Å². The Bertz CT molecular complexity index is 487. The molecule has 0 spiro atoms. The predicted octanol–water partition coefficient (Wildman–Crippen LogP) is 3.46. The van der Waals surface area contributed by atoms with Gasteiger partial charge in [0.05, 0.1) is 0 Å². The minimum Gasteiger partial charge on any atom is -0.294 e. The highest BCUT2D eigenvalue weighted by Crippen LogP contribution is 2.17. The Kier molecular flexibility index (Phi) is 4.95. The third-order valence-electron chi connectivity index (χ3n) is 2.91. The first-order valence-electron chi connectivity index (χ1n) is 6.28. The second-order valence-electron chi connectivity index (χ2n) is 4.09. The number of rotatable bonds is 6. The van der Waals surface area contributed by atoms with E-state index in [0.717, 1.165) is 0 Å². The Morgan fingerprint density at radius 2 is 1.28 bits per heavy atom. The fourth-order valence-corrected chi connectivity index (χ4v) is 1.78. The number of carbonyl (C=O) groups is 3. The van der Waals surface area contributed by atoms with Crippen LogP contribution in [0.25, 0.3) is 0 Å². The van der Waals surface area contributed by atoms with E-state index in [2.05, 4.69) is 0 Å². The Morgan fingerprint density at radius 3 is 1.78 bits per heavy atom. The molecule has 0 aliphatic heterocycles. The van der Waals surface area contributed by atoms with Crippen LogP contribution in [0.4, 0.5) is 0 Å². The molecule has 0 fully saturated rings. The fraction of sp³-hybridized carbons (Fsp3) is 0.400. The van der Waals surface area contributed by atoms with Crippen LogP contribution in [-0.4, -0.2) is 17.3 Å². The Morgan fingerprint density at radius 1 is 0.778 bits per heavy atom. The monoisotopic (exact) mass is 246 g/mol. The summed E-state index contributed by atoms with van der Waals surface area (Å²) >= 11 is 0. The highest BCUT2D eigenvalue weighted by atomic mass is 16.1. The molecule has 0 unspecified atom stereocenters. The number of carbonyl (C=O) groups excluding carboxylic acids is 3. The molecule has 0 atom stereocenters. The molecule has 0 aliphatic rings. The van der Waals surface area contributed by atoms with Gasteiger partial charge in [-0.25, -0.2) is 0 Å². The standard InChI is InChI=1S/C15H18O3/c1-4-13(16)10-7-8-11(14(17)5-2)12(9-10)15(18)6-3/h7-9H,4-6H2,1-3H3. The lowest BCUT2D eigenvalue weighted by Crippen LogP contribution is -2.10. The van der Waals surface area contributed by atoms with E-state index in [4.69, 9.17) is 0 Å². The number of Topliss-reactive ketones (excluding diaryl/α,β-unsaturated/α-hetero) is 3. The number of hydrogen-bond acceptors (Lipinski definition) is 3. The van der Waals surface area contributed by atoms with Gasteiger partial charge in [-0.05, 0) is 12.1 Å². The lowest BCUT2D eigenvalue weighted by molar-refractivity contribution is 0.0953. The van der Waals surface area contributed by atoms with Gasteiger partial charge in [0, 0.05) is 36.0 Å². The van der Waals surface area contributed by atoms with E-state index in [1.165, 1.54) is 0 Å². The molecule has 0 bridgehead atoms. The Balaban J connectivity index is 3.33. The van der Waals surface area contributed by atoms with E-state index in [-0.39, 0.29) is 17.3 Å². The summed E-state index contributed by atoms with van der Waals surface area (Å²) in [5.74, 6) is -0.185. The normalized spacial score (nSPS) is 10.2. The number of benzene rings is 1. The second kappa shape index (κ2) is 6.24. The fourth-order valence-electron chi connectivity index (χ4n) is 1.78. The molecule has 0 radical (unpaired) electrons. The van der Waals surface area contributed by atoms with Crippen LogP contribution in [0.15, 0.2) is 18.2 Å². The maximum absolute atomic E-state index is 11.9. The zero-order valence-corrected chi connectivity index (χ0v) is 11.1. The van der Waals surface area contributed by atoms with Crippen molar-refractivity contribution in [2.45, 2.75) is 40.0 Å². The number of ketones is 3. The maximum atomic E-state index is 11.9. The molecule has 0 heterocycles. The molecule has 18 heavy (non-hydrogen) atoms. The van der Waals surface area contributed by atoms with Gasteiger partial charge in [-0.3, -0.25) is 14.4 Å². The minimum absolute atomic E-state index is 0.0179. The molecule has 1 rings (SSSR count). The van der Waals surface area contributed by atoms with Crippen LogP contribution in [-0.2, 0) is 0 Å². The first-order valence-corrected chi connectivity index (χ1v) is 6.28. The van der Waals surface area contributed by atoms with Gasteiger partial charge in [0.2, 0.25) is 0 Å². The van der Waals surface area contributed by atoms with Crippen molar-refractivity contribution < 1.29 is 14.4 Å². The SMILES string of the molecule is CCC(=O)c1ccc(C(=O)CC)c(C(=O)CC)c1. The van der Waals surface area contributed by atoms with E-state index < -0.39 is 0 Å². The van der Waals surface area contributed by atoms with Gasteiger partial charge in [-0.15, -0.1) is 0 Å². The van der Waals surface area contributed by atoms with Gasteiger partial charge in [0.15, 0.2) is 17.3 Å². The van der Waals surface area contributed by atoms with E-state index in [9.17, 15) is 14.4 Å². The summed E-state index contributed by atoms with van der Waals surface area (Å²) in [6.45, 7) is 5.28. The van der Waals surface area contributed by atoms with Gasteiger partial charge in [-0.1, -0.05) is 26.8 Å². The number of hydrogen-bond donors (Lipinski definition) is 0. The predicted molar refractivity (Wildman–Crippen MR) is 70.3 cm³/mol. The summed E-state index contributed by atoms with van der Waals surface area (Å²) in [6.07, 6.45) is 1.07. The van der Waals surface area contributed by atoms with Crippen LogP contribution in [0.5, 0.6) is 0 Å². The zero-order valence-electron chi connectivity index (χ0n) is 11.1. The zero-order chi connectivity index (χ0) is 13.7. The van der Waals surface area contributed by atoms with Crippen LogP contribution in [0.3, 0.4) is 0 Å². The van der Waals surface area contributed by atoms with Crippen LogP contribution in [0, 0.1) is 0 Å². The van der Waals surface area contributed by atoms with Gasteiger partial charge < -0.3 is 0 Å². The molecular weight excluding hydrogens is 228 g/mol. The quantitative estimate of drug-likeness (QED) is 0.722. The van der Waals surface area contributed by atoms with Crippen LogP contribution < -0.4 is 0 Å². The average Bonchev–Trinajstić information content (AvgIpc) is 2.43. The highest BCUT2D eigenvalue weighted by Gasteiger charge is 2.16. The van der Waals surface area contributed by atoms with Crippen LogP contribution in [0.2, 0.25) is 0 Å². The van der Waals surface area contributed by atoms with Gasteiger partial charge >= 0.3 is 0 Å². The van der Waals surface area contributed by atoms with Crippen LogP contribution >= 0.6 is 0 Å². The summed E-state index contributed by atoms with van der Waals surface area (Å²) in [6, 6.07) is 4.78. The molecule has 96 valence electrons. The molecule has 1 aromatic rings.